The topological polar surface area (TPSA) is 61.9 Å². The van der Waals surface area contributed by atoms with Gasteiger partial charge in [0.05, 0.1) is 12.6 Å². The summed E-state index contributed by atoms with van der Waals surface area (Å²) in [6.07, 6.45) is 4.17. The lowest BCUT2D eigenvalue weighted by Crippen LogP contribution is -2.45. The summed E-state index contributed by atoms with van der Waals surface area (Å²) in [4.78, 5) is 29.3. The molecule has 0 radical (unpaired) electrons. The Labute approximate surface area is 209 Å². The maximum absolute atomic E-state index is 12.5. The minimum absolute atomic E-state index is 0.00870. The number of carbonyl (C=O) groups is 2. The van der Waals surface area contributed by atoms with Crippen LogP contribution in [0.4, 0.5) is 10.5 Å². The van der Waals surface area contributed by atoms with Crippen molar-refractivity contribution in [1.82, 2.24) is 10.2 Å². The van der Waals surface area contributed by atoms with Crippen molar-refractivity contribution in [2.24, 2.45) is 5.92 Å². The van der Waals surface area contributed by atoms with E-state index in [2.05, 4.69) is 46.6 Å². The molecule has 2 atom stereocenters. The van der Waals surface area contributed by atoms with Gasteiger partial charge in [-0.2, -0.15) is 0 Å². The molecule has 1 fully saturated rings. The van der Waals surface area contributed by atoms with Crippen LogP contribution in [0.15, 0.2) is 42.5 Å². The summed E-state index contributed by atoms with van der Waals surface area (Å²) in [5.74, 6) is 0.283. The second kappa shape index (κ2) is 11.3. The van der Waals surface area contributed by atoms with Gasteiger partial charge in [0.25, 0.3) is 0 Å². The van der Waals surface area contributed by atoms with Gasteiger partial charge in [0.2, 0.25) is 5.91 Å². The zero-order chi connectivity index (χ0) is 24.9. The van der Waals surface area contributed by atoms with E-state index in [-0.39, 0.29) is 23.9 Å². The first-order chi connectivity index (χ1) is 16.8. The molecular formula is C29H39N3O3. The minimum atomic E-state index is -0.411. The second-order valence-electron chi connectivity index (χ2n) is 10.5. The average Bonchev–Trinajstić information content (AvgIpc) is 2.83. The smallest absolute Gasteiger partial charge is 0.407 e. The van der Waals surface area contributed by atoms with Crippen molar-refractivity contribution in [3.8, 4) is 11.1 Å². The third-order valence-electron chi connectivity index (χ3n) is 7.00. The van der Waals surface area contributed by atoms with Crippen molar-refractivity contribution < 1.29 is 14.3 Å². The largest absolute Gasteiger partial charge is 0.449 e. The monoisotopic (exact) mass is 477 g/mol. The summed E-state index contributed by atoms with van der Waals surface area (Å²) >= 11 is 0. The molecule has 1 saturated heterocycles. The van der Waals surface area contributed by atoms with E-state index in [4.69, 9.17) is 4.74 Å². The molecule has 0 aromatic heterocycles. The van der Waals surface area contributed by atoms with Crippen LogP contribution >= 0.6 is 0 Å². The van der Waals surface area contributed by atoms with Crippen molar-refractivity contribution in [2.75, 3.05) is 24.6 Å². The van der Waals surface area contributed by atoms with Crippen molar-refractivity contribution >= 4 is 17.7 Å². The lowest BCUT2D eigenvalue weighted by molar-refractivity contribution is -0.117. The number of benzene rings is 2. The number of fused-ring (bicyclic) bond motifs is 1. The zero-order valence-electron chi connectivity index (χ0n) is 21.5. The highest BCUT2D eigenvalue weighted by Crippen LogP contribution is 2.39. The standard InChI is InChI=1S/C29H39N3O3/c1-20(2)19-35-29(34)30-27-16-21(3)32(22(4)33)28-13-12-25(17-26(27)28)24-10-8-23(9-11-24)18-31-14-6-5-7-15-31/h8-13,17,20-21,27H,5-7,14-16,18-19H2,1-4H3,(H,30,34)/t21-,27?/m1/s1. The number of likely N-dealkylation sites (tertiary alicyclic amines) is 1. The first-order valence-electron chi connectivity index (χ1n) is 13.0. The summed E-state index contributed by atoms with van der Waals surface area (Å²) in [7, 11) is 0. The molecular weight excluding hydrogens is 438 g/mol. The summed E-state index contributed by atoms with van der Waals surface area (Å²) in [5, 5.41) is 3.05. The second-order valence-corrected chi connectivity index (χ2v) is 10.5. The summed E-state index contributed by atoms with van der Waals surface area (Å²) in [6, 6.07) is 14.7. The van der Waals surface area contributed by atoms with E-state index < -0.39 is 6.09 Å². The number of nitrogens with zero attached hydrogens (tertiary/aromatic N) is 2. The normalized spacial score (nSPS) is 20.4. The molecule has 4 rings (SSSR count). The van der Waals surface area contributed by atoms with Crippen LogP contribution in [0.3, 0.4) is 0 Å². The Morgan fingerprint density at radius 2 is 1.71 bits per heavy atom. The Balaban J connectivity index is 1.57. The van der Waals surface area contributed by atoms with Gasteiger partial charge < -0.3 is 15.0 Å². The molecule has 188 valence electrons. The van der Waals surface area contributed by atoms with Gasteiger partial charge in [-0.15, -0.1) is 0 Å². The van der Waals surface area contributed by atoms with Gasteiger partial charge in [0.1, 0.15) is 0 Å². The van der Waals surface area contributed by atoms with E-state index in [1.54, 1.807) is 6.92 Å². The van der Waals surface area contributed by atoms with Crippen LogP contribution < -0.4 is 10.2 Å². The van der Waals surface area contributed by atoms with E-state index in [0.29, 0.717) is 13.0 Å². The maximum Gasteiger partial charge on any atom is 0.407 e. The van der Waals surface area contributed by atoms with E-state index >= 15 is 0 Å². The first kappa shape index (κ1) is 25.2. The van der Waals surface area contributed by atoms with Crippen LogP contribution in [0.1, 0.15) is 70.5 Å². The molecule has 0 aliphatic carbocycles. The fraction of sp³-hybridized carbons (Fsp3) is 0.517. The van der Waals surface area contributed by atoms with Crippen LogP contribution in [0.2, 0.25) is 0 Å². The van der Waals surface area contributed by atoms with Gasteiger partial charge in [0.15, 0.2) is 0 Å². The number of alkyl carbamates (subject to hydrolysis) is 1. The summed E-state index contributed by atoms with van der Waals surface area (Å²) in [6.45, 7) is 11.4. The molecule has 6 nitrogen and oxygen atoms in total. The molecule has 35 heavy (non-hydrogen) atoms. The van der Waals surface area contributed by atoms with Gasteiger partial charge in [-0.25, -0.2) is 4.79 Å². The van der Waals surface area contributed by atoms with Crippen LogP contribution in [0, 0.1) is 5.92 Å². The van der Waals surface area contributed by atoms with Crippen LogP contribution in [-0.2, 0) is 16.1 Å². The van der Waals surface area contributed by atoms with E-state index in [9.17, 15) is 9.59 Å². The van der Waals surface area contributed by atoms with Gasteiger partial charge in [0, 0.05) is 25.2 Å². The van der Waals surface area contributed by atoms with Crippen molar-refractivity contribution in [1.29, 1.82) is 0 Å². The highest BCUT2D eigenvalue weighted by Gasteiger charge is 2.33. The Morgan fingerprint density at radius 1 is 1.03 bits per heavy atom. The molecule has 1 N–H and O–H groups in total. The molecule has 1 unspecified atom stereocenters. The third-order valence-corrected chi connectivity index (χ3v) is 7.00. The fourth-order valence-corrected chi connectivity index (χ4v) is 5.26. The Morgan fingerprint density at radius 3 is 2.37 bits per heavy atom. The molecule has 6 heteroatoms. The number of ether oxygens (including phenoxy) is 1. The molecule has 0 bridgehead atoms. The van der Waals surface area contributed by atoms with Gasteiger partial charge >= 0.3 is 6.09 Å². The minimum Gasteiger partial charge on any atom is -0.449 e. The molecule has 2 aliphatic heterocycles. The maximum atomic E-state index is 12.5. The number of rotatable bonds is 6. The van der Waals surface area contributed by atoms with E-state index in [0.717, 1.165) is 28.9 Å². The number of hydrogen-bond acceptors (Lipinski definition) is 4. The number of anilines is 1. The predicted molar refractivity (Wildman–Crippen MR) is 140 cm³/mol. The molecule has 2 heterocycles. The molecule has 2 aromatic carbocycles. The number of nitrogens with one attached hydrogen (secondary N) is 1. The van der Waals surface area contributed by atoms with E-state index in [1.165, 1.54) is 37.9 Å². The number of amides is 2. The Kier molecular flexibility index (Phi) is 8.11. The van der Waals surface area contributed by atoms with E-state index in [1.807, 2.05) is 31.7 Å². The highest BCUT2D eigenvalue weighted by atomic mass is 16.5. The SMILES string of the molecule is CC(=O)N1c2ccc(-c3ccc(CN4CCCCC4)cc3)cc2C(NC(=O)OCC(C)C)C[C@H]1C. The van der Waals surface area contributed by atoms with Crippen molar-refractivity contribution in [3.63, 3.8) is 0 Å². The van der Waals surface area contributed by atoms with Crippen LogP contribution in [0.25, 0.3) is 11.1 Å². The van der Waals surface area contributed by atoms with Gasteiger partial charge in [-0.05, 0) is 79.6 Å². The first-order valence-corrected chi connectivity index (χ1v) is 13.0. The predicted octanol–water partition coefficient (Wildman–Crippen LogP) is 5.91. The third kappa shape index (κ3) is 6.23. The Bertz CT molecular complexity index is 1030. The molecule has 2 amide bonds. The van der Waals surface area contributed by atoms with Crippen molar-refractivity contribution in [2.45, 2.75) is 72.0 Å². The Hall–Kier alpha value is -2.86. The molecule has 0 spiro atoms. The quantitative estimate of drug-likeness (QED) is 0.562. The molecule has 0 saturated carbocycles. The highest BCUT2D eigenvalue weighted by molar-refractivity contribution is 5.94. The number of carbonyl (C=O) groups excluding carboxylic acids is 2. The summed E-state index contributed by atoms with van der Waals surface area (Å²) in [5.41, 5.74) is 5.35. The van der Waals surface area contributed by atoms with Gasteiger partial charge in [-0.3, -0.25) is 9.69 Å². The number of hydrogen-bond donors (Lipinski definition) is 1. The molecule has 2 aliphatic rings. The van der Waals surface area contributed by atoms with Gasteiger partial charge in [-0.1, -0.05) is 50.6 Å². The van der Waals surface area contributed by atoms with Crippen molar-refractivity contribution in [3.05, 3.63) is 53.6 Å². The lowest BCUT2D eigenvalue weighted by Gasteiger charge is -2.39. The fourth-order valence-electron chi connectivity index (χ4n) is 5.26. The lowest BCUT2D eigenvalue weighted by atomic mass is 9.89. The average molecular weight is 478 g/mol. The summed E-state index contributed by atoms with van der Waals surface area (Å²) < 4.78 is 5.39. The van der Waals surface area contributed by atoms with Crippen LogP contribution in [0.5, 0.6) is 0 Å². The number of piperidine rings is 1. The zero-order valence-corrected chi connectivity index (χ0v) is 21.5. The van der Waals surface area contributed by atoms with Crippen LogP contribution in [-0.4, -0.2) is 42.6 Å². The molecule has 2 aromatic rings.